The highest BCUT2D eigenvalue weighted by atomic mass is 16.5. The number of aliphatic hydroxyl groups excluding tert-OH is 2. The van der Waals surface area contributed by atoms with Crippen LogP contribution in [0.15, 0.2) is 0 Å². The van der Waals surface area contributed by atoms with Crippen LogP contribution in [0.4, 0.5) is 0 Å². The van der Waals surface area contributed by atoms with Gasteiger partial charge in [-0.15, -0.1) is 0 Å². The number of carbonyl (C=O) groups is 2. The van der Waals surface area contributed by atoms with Gasteiger partial charge in [0, 0.05) is 19.3 Å². The Balaban J connectivity index is 1.58. The van der Waals surface area contributed by atoms with Crippen molar-refractivity contribution in [2.24, 2.45) is 46.3 Å². The zero-order valence-electron chi connectivity index (χ0n) is 19.1. The van der Waals surface area contributed by atoms with E-state index in [0.29, 0.717) is 42.8 Å². The highest BCUT2D eigenvalue weighted by Gasteiger charge is 2.65. The first-order chi connectivity index (χ1) is 14.1. The molecule has 2 N–H and O–H groups in total. The van der Waals surface area contributed by atoms with Gasteiger partial charge < -0.3 is 14.9 Å². The molecule has 0 aromatic carbocycles. The lowest BCUT2D eigenvalue weighted by Crippen LogP contribution is -2.62. The first-order valence-electron chi connectivity index (χ1n) is 12.1. The van der Waals surface area contributed by atoms with E-state index in [1.165, 1.54) is 7.11 Å². The van der Waals surface area contributed by atoms with Gasteiger partial charge in [0.25, 0.3) is 0 Å². The fraction of sp³-hybridized carbons (Fsp3) is 0.920. The summed E-state index contributed by atoms with van der Waals surface area (Å²) >= 11 is 0. The predicted octanol–water partition coefficient (Wildman–Crippen LogP) is 3.75. The number of hydrogen-bond donors (Lipinski definition) is 2. The fourth-order valence-electron chi connectivity index (χ4n) is 8.59. The average Bonchev–Trinajstić information content (AvgIpc) is 3.06. The molecule has 0 aromatic heterocycles. The van der Waals surface area contributed by atoms with Gasteiger partial charge in [0.05, 0.1) is 19.3 Å². The van der Waals surface area contributed by atoms with Gasteiger partial charge in [0.15, 0.2) is 0 Å². The van der Waals surface area contributed by atoms with Crippen LogP contribution in [0.2, 0.25) is 0 Å². The molecular weight excluding hydrogens is 380 g/mol. The van der Waals surface area contributed by atoms with E-state index in [2.05, 4.69) is 20.8 Å². The molecular formula is C25H40O5. The minimum atomic E-state index is -0.391. The van der Waals surface area contributed by atoms with Gasteiger partial charge in [-0.05, 0) is 84.9 Å². The van der Waals surface area contributed by atoms with E-state index in [0.717, 1.165) is 38.5 Å². The first kappa shape index (κ1) is 22.3. The highest BCUT2D eigenvalue weighted by molar-refractivity contribution is 5.79. The molecule has 0 spiro atoms. The quantitative estimate of drug-likeness (QED) is 0.677. The number of aliphatic hydroxyl groups is 2. The van der Waals surface area contributed by atoms with Gasteiger partial charge in [-0.25, -0.2) is 0 Å². The number of ketones is 1. The van der Waals surface area contributed by atoms with Crippen LogP contribution in [0, 0.1) is 46.3 Å². The summed E-state index contributed by atoms with van der Waals surface area (Å²) in [4.78, 5) is 23.8. The van der Waals surface area contributed by atoms with Crippen LogP contribution in [0.25, 0.3) is 0 Å². The Morgan fingerprint density at radius 1 is 1.20 bits per heavy atom. The molecule has 4 saturated carbocycles. The molecule has 0 bridgehead atoms. The van der Waals surface area contributed by atoms with E-state index in [1.54, 1.807) is 0 Å². The van der Waals surface area contributed by atoms with Crippen molar-refractivity contribution in [1.82, 2.24) is 0 Å². The lowest BCUT2D eigenvalue weighted by molar-refractivity contribution is -0.201. The molecule has 0 saturated heterocycles. The maximum atomic E-state index is 12.1. The average molecular weight is 421 g/mol. The van der Waals surface area contributed by atoms with Gasteiger partial charge in [0.1, 0.15) is 5.78 Å². The summed E-state index contributed by atoms with van der Waals surface area (Å²) < 4.78 is 4.82. The van der Waals surface area contributed by atoms with Crippen molar-refractivity contribution in [2.45, 2.75) is 90.8 Å². The topological polar surface area (TPSA) is 83.8 Å². The van der Waals surface area contributed by atoms with Crippen molar-refractivity contribution in [1.29, 1.82) is 0 Å². The van der Waals surface area contributed by atoms with Crippen LogP contribution in [0.1, 0.15) is 78.6 Å². The summed E-state index contributed by atoms with van der Waals surface area (Å²) in [6, 6.07) is 0. The number of rotatable bonds is 4. The second-order valence-corrected chi connectivity index (χ2v) is 11.4. The van der Waals surface area contributed by atoms with Gasteiger partial charge in [-0.1, -0.05) is 20.8 Å². The number of ether oxygens (including phenoxy) is 1. The van der Waals surface area contributed by atoms with Crippen LogP contribution < -0.4 is 0 Å². The third-order valence-corrected chi connectivity index (χ3v) is 10.4. The van der Waals surface area contributed by atoms with Crippen LogP contribution in [0.5, 0.6) is 0 Å². The molecule has 0 heterocycles. The fourth-order valence-corrected chi connectivity index (χ4v) is 8.59. The summed E-state index contributed by atoms with van der Waals surface area (Å²) in [5.41, 5.74) is -0.167. The maximum Gasteiger partial charge on any atom is 0.305 e. The van der Waals surface area contributed by atoms with Crippen molar-refractivity contribution in [2.75, 3.05) is 7.11 Å². The van der Waals surface area contributed by atoms with E-state index in [9.17, 15) is 19.8 Å². The van der Waals surface area contributed by atoms with Crippen LogP contribution in [-0.2, 0) is 14.3 Å². The van der Waals surface area contributed by atoms with Crippen molar-refractivity contribution in [3.05, 3.63) is 0 Å². The van der Waals surface area contributed by atoms with Crippen LogP contribution in [0.3, 0.4) is 0 Å². The molecule has 5 heteroatoms. The molecule has 4 aliphatic carbocycles. The van der Waals surface area contributed by atoms with E-state index >= 15 is 0 Å². The van der Waals surface area contributed by atoms with Crippen molar-refractivity contribution in [3.63, 3.8) is 0 Å². The predicted molar refractivity (Wildman–Crippen MR) is 113 cm³/mol. The first-order valence-corrected chi connectivity index (χ1v) is 12.1. The third kappa shape index (κ3) is 3.26. The van der Waals surface area contributed by atoms with Gasteiger partial charge in [0.2, 0.25) is 0 Å². The molecule has 4 aliphatic rings. The van der Waals surface area contributed by atoms with Crippen LogP contribution in [-0.4, -0.2) is 41.3 Å². The summed E-state index contributed by atoms with van der Waals surface area (Å²) in [6.45, 7) is 6.78. The number of hydrogen-bond acceptors (Lipinski definition) is 5. The molecule has 30 heavy (non-hydrogen) atoms. The molecule has 4 rings (SSSR count). The Hall–Kier alpha value is -0.940. The Morgan fingerprint density at radius 3 is 2.63 bits per heavy atom. The number of Topliss-reactive ketones (excluding diaryl/α,β-unsaturated/α-hetero) is 1. The molecule has 0 aliphatic heterocycles. The number of fused-ring (bicyclic) bond motifs is 5. The lowest BCUT2D eigenvalue weighted by atomic mass is 9.43. The van der Waals surface area contributed by atoms with Gasteiger partial charge in [-0.3, -0.25) is 9.59 Å². The second kappa shape index (κ2) is 7.88. The van der Waals surface area contributed by atoms with Crippen molar-refractivity contribution in [3.8, 4) is 0 Å². The molecule has 0 radical (unpaired) electrons. The Kier molecular flexibility index (Phi) is 5.85. The Morgan fingerprint density at radius 2 is 1.93 bits per heavy atom. The summed E-state index contributed by atoms with van der Waals surface area (Å²) in [6.07, 6.45) is 6.15. The minimum absolute atomic E-state index is 0.0503. The number of carbonyl (C=O) groups excluding carboxylic acids is 2. The summed E-state index contributed by atoms with van der Waals surface area (Å²) in [5, 5.41) is 22.8. The molecule has 4 fully saturated rings. The largest absolute Gasteiger partial charge is 0.469 e. The number of methoxy groups -OCH3 is 1. The zero-order chi connectivity index (χ0) is 21.8. The highest BCUT2D eigenvalue weighted by Crippen LogP contribution is 2.68. The lowest BCUT2D eigenvalue weighted by Gasteiger charge is -2.63. The summed E-state index contributed by atoms with van der Waals surface area (Å²) in [7, 11) is 1.43. The molecule has 0 aromatic rings. The standard InChI is InChI=1S/C25H40O5/c1-14(5-8-22(29)30-4)17-6-7-18-23-19(13-21(28)25(17,18)3)24(2)10-9-16(26)11-15(24)12-20(23)27/h14-15,17-21,23,27-28H,5-13H2,1-4H3/t14-,15-,17-,18+,19?,20-,21+,23?,24+,25-/m1/s1. The van der Waals surface area contributed by atoms with Gasteiger partial charge >= 0.3 is 5.97 Å². The monoisotopic (exact) mass is 420 g/mol. The Bertz CT molecular complexity index is 691. The molecule has 5 nitrogen and oxygen atoms in total. The normalized spacial score (nSPS) is 49.0. The van der Waals surface area contributed by atoms with E-state index in [4.69, 9.17) is 4.74 Å². The van der Waals surface area contributed by atoms with E-state index in [-0.39, 0.29) is 40.7 Å². The minimum Gasteiger partial charge on any atom is -0.469 e. The third-order valence-electron chi connectivity index (χ3n) is 10.4. The zero-order valence-corrected chi connectivity index (χ0v) is 19.1. The van der Waals surface area contributed by atoms with Crippen LogP contribution >= 0.6 is 0 Å². The van der Waals surface area contributed by atoms with Crippen molar-refractivity contribution >= 4 is 11.8 Å². The summed E-state index contributed by atoms with van der Waals surface area (Å²) in [5.74, 6) is 1.92. The van der Waals surface area contributed by atoms with E-state index < -0.39 is 6.10 Å². The van der Waals surface area contributed by atoms with Crippen molar-refractivity contribution < 1.29 is 24.5 Å². The van der Waals surface area contributed by atoms with Gasteiger partial charge in [-0.2, -0.15) is 0 Å². The number of esters is 1. The molecule has 0 amide bonds. The molecule has 10 atom stereocenters. The maximum absolute atomic E-state index is 12.1. The SMILES string of the molecule is COC(=O)CC[C@@H](C)[C@H]1CC[C@H]2C3C(C[C@H](O)[C@]12C)[C@@]1(C)CCC(=O)C[C@@H]1C[C@H]3O. The molecule has 2 unspecified atom stereocenters. The molecule has 170 valence electrons. The Labute approximate surface area is 180 Å². The van der Waals surface area contributed by atoms with E-state index in [1.807, 2.05) is 0 Å². The second-order valence-electron chi connectivity index (χ2n) is 11.4. The smallest absolute Gasteiger partial charge is 0.305 e.